The summed E-state index contributed by atoms with van der Waals surface area (Å²) < 4.78 is 0. The zero-order valence-electron chi connectivity index (χ0n) is 9.66. The van der Waals surface area contributed by atoms with E-state index in [2.05, 4.69) is 10.6 Å². The molecule has 0 amide bonds. The molecular formula is C9H16N2O7. The van der Waals surface area contributed by atoms with Crippen LogP contribution >= 0.6 is 0 Å². The van der Waals surface area contributed by atoms with Crippen molar-refractivity contribution < 1.29 is 34.8 Å². The molecule has 0 fully saturated rings. The molecule has 0 aliphatic heterocycles. The third-order valence-corrected chi connectivity index (χ3v) is 2.08. The molecule has 18 heavy (non-hydrogen) atoms. The molecule has 0 rings (SSSR count). The highest BCUT2D eigenvalue weighted by Gasteiger charge is 2.23. The monoisotopic (exact) mass is 264 g/mol. The Morgan fingerprint density at radius 2 is 1.61 bits per heavy atom. The van der Waals surface area contributed by atoms with Gasteiger partial charge in [0, 0.05) is 6.42 Å². The molecule has 0 aliphatic carbocycles. The number of aliphatic carboxylic acids is 3. The van der Waals surface area contributed by atoms with Crippen molar-refractivity contribution in [1.82, 2.24) is 10.6 Å². The molecule has 0 saturated heterocycles. The van der Waals surface area contributed by atoms with Gasteiger partial charge in [0.05, 0.1) is 0 Å². The third-order valence-electron chi connectivity index (χ3n) is 2.08. The highest BCUT2D eigenvalue weighted by Crippen LogP contribution is 1.99. The molecule has 0 saturated carbocycles. The highest BCUT2D eigenvalue weighted by atomic mass is 16.4. The first-order chi connectivity index (χ1) is 8.23. The van der Waals surface area contributed by atoms with Crippen LogP contribution in [-0.2, 0) is 14.4 Å². The fourth-order valence-corrected chi connectivity index (χ4v) is 1.09. The van der Waals surface area contributed by atoms with Crippen molar-refractivity contribution in [2.24, 2.45) is 0 Å². The SMILES string of the molecule is CC(NC(O)NC(CCC(=O)O)C(=O)O)C(=O)O. The molecule has 0 aromatic carbocycles. The first-order valence-corrected chi connectivity index (χ1v) is 5.11. The smallest absolute Gasteiger partial charge is 0.320 e. The van der Waals surface area contributed by atoms with Gasteiger partial charge in [-0.1, -0.05) is 0 Å². The van der Waals surface area contributed by atoms with Gasteiger partial charge in [0.1, 0.15) is 12.1 Å². The summed E-state index contributed by atoms with van der Waals surface area (Å²) in [5.41, 5.74) is 0. The van der Waals surface area contributed by atoms with Gasteiger partial charge < -0.3 is 20.4 Å². The van der Waals surface area contributed by atoms with Crippen LogP contribution in [0.15, 0.2) is 0 Å². The number of rotatable bonds is 9. The molecule has 0 radical (unpaired) electrons. The summed E-state index contributed by atoms with van der Waals surface area (Å²) >= 11 is 0. The van der Waals surface area contributed by atoms with Crippen molar-refractivity contribution in [2.45, 2.75) is 38.2 Å². The van der Waals surface area contributed by atoms with Gasteiger partial charge in [-0.25, -0.2) is 0 Å². The zero-order chi connectivity index (χ0) is 14.3. The Bertz CT molecular complexity index is 320. The van der Waals surface area contributed by atoms with Gasteiger partial charge in [-0.2, -0.15) is 0 Å². The number of nitrogens with one attached hydrogen (secondary N) is 2. The molecule has 0 spiro atoms. The Hall–Kier alpha value is -1.71. The first-order valence-electron chi connectivity index (χ1n) is 5.11. The summed E-state index contributed by atoms with van der Waals surface area (Å²) in [5.74, 6) is -3.71. The molecule has 0 bridgehead atoms. The normalized spacial score (nSPS) is 15.7. The summed E-state index contributed by atoms with van der Waals surface area (Å²) in [5, 5.41) is 39.5. The van der Waals surface area contributed by atoms with Crippen LogP contribution in [0.25, 0.3) is 0 Å². The van der Waals surface area contributed by atoms with Crippen LogP contribution in [0.3, 0.4) is 0 Å². The van der Waals surface area contributed by atoms with Gasteiger partial charge in [0.25, 0.3) is 0 Å². The summed E-state index contributed by atoms with van der Waals surface area (Å²) in [7, 11) is 0. The Morgan fingerprint density at radius 1 is 1.06 bits per heavy atom. The summed E-state index contributed by atoms with van der Waals surface area (Å²) in [4.78, 5) is 31.5. The Balaban J connectivity index is 4.27. The fraction of sp³-hybridized carbons (Fsp3) is 0.667. The van der Waals surface area contributed by atoms with Crippen LogP contribution in [0, 0.1) is 0 Å². The lowest BCUT2D eigenvalue weighted by Crippen LogP contribution is -2.54. The molecule has 104 valence electrons. The molecule has 3 unspecified atom stereocenters. The highest BCUT2D eigenvalue weighted by molar-refractivity contribution is 5.75. The second kappa shape index (κ2) is 7.58. The van der Waals surface area contributed by atoms with Crippen LogP contribution in [-0.4, -0.2) is 56.8 Å². The van der Waals surface area contributed by atoms with E-state index in [4.69, 9.17) is 15.3 Å². The van der Waals surface area contributed by atoms with Gasteiger partial charge in [-0.3, -0.25) is 25.0 Å². The van der Waals surface area contributed by atoms with E-state index in [1.54, 1.807) is 0 Å². The molecule has 3 atom stereocenters. The molecule has 0 aromatic heterocycles. The van der Waals surface area contributed by atoms with Gasteiger partial charge in [0.2, 0.25) is 0 Å². The van der Waals surface area contributed by atoms with Gasteiger partial charge in [-0.15, -0.1) is 0 Å². The lowest BCUT2D eigenvalue weighted by Gasteiger charge is -2.21. The molecule has 9 nitrogen and oxygen atoms in total. The number of aliphatic hydroxyl groups excluding tert-OH is 1. The van der Waals surface area contributed by atoms with Crippen LogP contribution in [0.5, 0.6) is 0 Å². The first kappa shape index (κ1) is 16.3. The maximum Gasteiger partial charge on any atom is 0.320 e. The molecule has 6 N–H and O–H groups in total. The minimum Gasteiger partial charge on any atom is -0.481 e. The summed E-state index contributed by atoms with van der Waals surface area (Å²) in [6.45, 7) is 1.26. The molecule has 0 aromatic rings. The minimum absolute atomic E-state index is 0.231. The third kappa shape index (κ3) is 6.78. The number of carbonyl (C=O) groups is 3. The van der Waals surface area contributed by atoms with E-state index < -0.39 is 36.3 Å². The molecule has 0 aliphatic rings. The largest absolute Gasteiger partial charge is 0.481 e. The Labute approximate surface area is 102 Å². The topological polar surface area (TPSA) is 156 Å². The maximum absolute atomic E-state index is 10.8. The van der Waals surface area contributed by atoms with E-state index >= 15 is 0 Å². The molecule has 0 heterocycles. The second-order valence-corrected chi connectivity index (χ2v) is 3.62. The minimum atomic E-state index is -1.56. The zero-order valence-corrected chi connectivity index (χ0v) is 9.66. The number of aliphatic hydroxyl groups is 1. The van der Waals surface area contributed by atoms with Gasteiger partial charge in [0.15, 0.2) is 6.35 Å². The number of hydrogen-bond donors (Lipinski definition) is 6. The van der Waals surface area contributed by atoms with E-state index in [0.717, 1.165) is 0 Å². The van der Waals surface area contributed by atoms with Crippen LogP contribution in [0.4, 0.5) is 0 Å². The van der Waals surface area contributed by atoms with Crippen molar-refractivity contribution in [3.8, 4) is 0 Å². The van der Waals surface area contributed by atoms with Crippen LogP contribution in [0.2, 0.25) is 0 Å². The average molecular weight is 264 g/mol. The maximum atomic E-state index is 10.8. The van der Waals surface area contributed by atoms with E-state index in [9.17, 15) is 19.5 Å². The van der Waals surface area contributed by atoms with Crippen molar-refractivity contribution >= 4 is 17.9 Å². The van der Waals surface area contributed by atoms with Crippen LogP contribution in [0.1, 0.15) is 19.8 Å². The van der Waals surface area contributed by atoms with E-state index in [0.29, 0.717) is 0 Å². The lowest BCUT2D eigenvalue weighted by molar-refractivity contribution is -0.142. The van der Waals surface area contributed by atoms with E-state index in [-0.39, 0.29) is 12.8 Å². The summed E-state index contributed by atoms with van der Waals surface area (Å²) in [6.07, 6.45) is -2.18. The van der Waals surface area contributed by atoms with E-state index in [1.807, 2.05) is 0 Å². The Kier molecular flexibility index (Phi) is 6.86. The summed E-state index contributed by atoms with van der Waals surface area (Å²) in [6, 6.07) is -2.37. The molecular weight excluding hydrogens is 248 g/mol. The average Bonchev–Trinajstić information content (AvgIpc) is 2.23. The number of carboxylic acids is 3. The van der Waals surface area contributed by atoms with Gasteiger partial charge in [-0.05, 0) is 13.3 Å². The standard InChI is InChI=1S/C9H16N2O7/c1-4(7(14)15)10-9(18)11-5(8(16)17)2-3-6(12)13/h4-5,9-11,18H,2-3H2,1H3,(H,12,13)(H,14,15)(H,16,17). The van der Waals surface area contributed by atoms with Crippen molar-refractivity contribution in [3.05, 3.63) is 0 Å². The predicted octanol–water partition coefficient (Wildman–Crippen LogP) is -1.77. The van der Waals surface area contributed by atoms with Crippen molar-refractivity contribution in [2.75, 3.05) is 0 Å². The van der Waals surface area contributed by atoms with Crippen molar-refractivity contribution in [3.63, 3.8) is 0 Å². The Morgan fingerprint density at radius 3 is 2.00 bits per heavy atom. The molecule has 9 heteroatoms. The van der Waals surface area contributed by atoms with E-state index in [1.165, 1.54) is 6.92 Å². The number of carboxylic acid groups (broad SMARTS) is 3. The van der Waals surface area contributed by atoms with Crippen molar-refractivity contribution in [1.29, 1.82) is 0 Å². The number of hydrogen-bond acceptors (Lipinski definition) is 6. The van der Waals surface area contributed by atoms with Crippen LogP contribution < -0.4 is 10.6 Å². The predicted molar refractivity (Wildman–Crippen MR) is 57.7 cm³/mol. The second-order valence-electron chi connectivity index (χ2n) is 3.62. The quantitative estimate of drug-likeness (QED) is 0.265. The lowest BCUT2D eigenvalue weighted by atomic mass is 10.1. The van der Waals surface area contributed by atoms with Gasteiger partial charge >= 0.3 is 17.9 Å². The fourth-order valence-electron chi connectivity index (χ4n) is 1.09.